The van der Waals surface area contributed by atoms with Gasteiger partial charge in [-0.25, -0.2) is 9.18 Å². The monoisotopic (exact) mass is 211 g/mol. The minimum absolute atomic E-state index is 0.0181. The molecule has 0 unspecified atom stereocenters. The standard InChI is InChI=1S/C10H10FNO3/c1-5(13)7-3-6(10(14)15-2)4-8(11)9(7)12/h3-4H,12H2,1-2H3. The van der Waals surface area contributed by atoms with Crippen molar-refractivity contribution in [3.8, 4) is 0 Å². The summed E-state index contributed by atoms with van der Waals surface area (Å²) < 4.78 is 17.6. The van der Waals surface area contributed by atoms with E-state index in [2.05, 4.69) is 4.74 Å². The molecular formula is C10H10FNO3. The van der Waals surface area contributed by atoms with Gasteiger partial charge in [-0.2, -0.15) is 0 Å². The van der Waals surface area contributed by atoms with Crippen LogP contribution in [0.2, 0.25) is 0 Å². The Bertz CT molecular complexity index is 429. The van der Waals surface area contributed by atoms with Gasteiger partial charge >= 0.3 is 5.97 Å². The molecule has 4 nitrogen and oxygen atoms in total. The summed E-state index contributed by atoms with van der Waals surface area (Å²) in [5, 5.41) is 0. The molecule has 5 heteroatoms. The summed E-state index contributed by atoms with van der Waals surface area (Å²) in [5.41, 5.74) is 5.04. The van der Waals surface area contributed by atoms with Gasteiger partial charge < -0.3 is 10.5 Å². The summed E-state index contributed by atoms with van der Waals surface area (Å²) >= 11 is 0. The first kappa shape index (κ1) is 11.2. The van der Waals surface area contributed by atoms with Crippen molar-refractivity contribution < 1.29 is 18.7 Å². The van der Waals surface area contributed by atoms with Crippen LogP contribution in [-0.2, 0) is 4.74 Å². The Morgan fingerprint density at radius 3 is 2.47 bits per heavy atom. The fourth-order valence-electron chi connectivity index (χ4n) is 1.14. The van der Waals surface area contributed by atoms with E-state index >= 15 is 0 Å². The van der Waals surface area contributed by atoms with Crippen LogP contribution >= 0.6 is 0 Å². The molecule has 0 aliphatic heterocycles. The van der Waals surface area contributed by atoms with Crippen LogP contribution in [-0.4, -0.2) is 18.9 Å². The average molecular weight is 211 g/mol. The van der Waals surface area contributed by atoms with Crippen molar-refractivity contribution in [1.82, 2.24) is 0 Å². The average Bonchev–Trinajstić information content (AvgIpc) is 2.20. The molecule has 0 saturated carbocycles. The fourth-order valence-corrected chi connectivity index (χ4v) is 1.14. The molecule has 0 aliphatic carbocycles. The molecule has 15 heavy (non-hydrogen) atoms. The van der Waals surface area contributed by atoms with Gasteiger partial charge in [0.2, 0.25) is 0 Å². The zero-order chi connectivity index (χ0) is 11.6. The number of ketones is 1. The number of hydrogen-bond acceptors (Lipinski definition) is 4. The summed E-state index contributed by atoms with van der Waals surface area (Å²) in [4.78, 5) is 22.2. The molecule has 0 atom stereocenters. The number of hydrogen-bond donors (Lipinski definition) is 1. The number of Topliss-reactive ketones (excluding diaryl/α,β-unsaturated/α-hetero) is 1. The zero-order valence-electron chi connectivity index (χ0n) is 8.33. The number of nitrogen functional groups attached to an aromatic ring is 1. The van der Waals surface area contributed by atoms with Crippen LogP contribution in [0, 0.1) is 5.82 Å². The Balaban J connectivity index is 3.35. The summed E-state index contributed by atoms with van der Waals surface area (Å²) in [6.07, 6.45) is 0. The van der Waals surface area contributed by atoms with E-state index in [1.54, 1.807) is 0 Å². The van der Waals surface area contributed by atoms with Crippen LogP contribution in [0.25, 0.3) is 0 Å². The van der Waals surface area contributed by atoms with Gasteiger partial charge in [0.1, 0.15) is 5.82 Å². The van der Waals surface area contributed by atoms with E-state index in [0.717, 1.165) is 6.07 Å². The highest BCUT2D eigenvalue weighted by Gasteiger charge is 2.15. The molecule has 0 fully saturated rings. The quantitative estimate of drug-likeness (QED) is 0.456. The SMILES string of the molecule is COC(=O)c1cc(F)c(N)c(C(C)=O)c1. The van der Waals surface area contributed by atoms with Gasteiger partial charge in [-0.05, 0) is 19.1 Å². The maximum atomic E-state index is 13.2. The van der Waals surface area contributed by atoms with Crippen LogP contribution in [0.5, 0.6) is 0 Å². The number of carbonyl (C=O) groups is 2. The van der Waals surface area contributed by atoms with Crippen LogP contribution in [0.15, 0.2) is 12.1 Å². The fraction of sp³-hybridized carbons (Fsp3) is 0.200. The van der Waals surface area contributed by atoms with Crippen LogP contribution in [0.1, 0.15) is 27.6 Å². The first-order chi connectivity index (χ1) is 6.97. The number of carbonyl (C=O) groups excluding carboxylic acids is 2. The van der Waals surface area contributed by atoms with E-state index in [1.807, 2.05) is 0 Å². The molecule has 1 rings (SSSR count). The molecule has 0 saturated heterocycles. The molecule has 0 radical (unpaired) electrons. The molecule has 2 N–H and O–H groups in total. The normalized spacial score (nSPS) is 9.80. The minimum atomic E-state index is -0.803. The number of benzene rings is 1. The number of halogens is 1. The van der Waals surface area contributed by atoms with Crippen LogP contribution in [0.3, 0.4) is 0 Å². The van der Waals surface area contributed by atoms with E-state index in [9.17, 15) is 14.0 Å². The van der Waals surface area contributed by atoms with Gasteiger partial charge in [0.25, 0.3) is 0 Å². The maximum Gasteiger partial charge on any atom is 0.337 e. The van der Waals surface area contributed by atoms with Gasteiger partial charge in [0.05, 0.1) is 18.4 Å². The zero-order valence-corrected chi connectivity index (χ0v) is 8.33. The molecule has 1 aromatic carbocycles. The Hall–Kier alpha value is -1.91. The molecule has 0 aliphatic rings. The van der Waals surface area contributed by atoms with Crippen molar-refractivity contribution in [2.24, 2.45) is 0 Å². The summed E-state index contributed by atoms with van der Waals surface area (Å²) in [6, 6.07) is 2.15. The number of anilines is 1. The Morgan fingerprint density at radius 2 is 2.00 bits per heavy atom. The summed E-state index contributed by atoms with van der Waals surface area (Å²) in [7, 11) is 1.17. The lowest BCUT2D eigenvalue weighted by molar-refractivity contribution is 0.0600. The lowest BCUT2D eigenvalue weighted by Gasteiger charge is -2.06. The number of esters is 1. The number of methoxy groups -OCH3 is 1. The molecule has 0 bridgehead atoms. The maximum absolute atomic E-state index is 13.2. The minimum Gasteiger partial charge on any atom is -0.465 e. The lowest BCUT2D eigenvalue weighted by Crippen LogP contribution is -2.08. The van der Waals surface area contributed by atoms with Gasteiger partial charge in [0, 0.05) is 5.56 Å². The van der Waals surface area contributed by atoms with Crippen molar-refractivity contribution in [2.75, 3.05) is 12.8 Å². The molecule has 0 aromatic heterocycles. The molecule has 80 valence electrons. The highest BCUT2D eigenvalue weighted by atomic mass is 19.1. The molecular weight excluding hydrogens is 201 g/mol. The lowest BCUT2D eigenvalue weighted by atomic mass is 10.1. The van der Waals surface area contributed by atoms with Gasteiger partial charge in [-0.15, -0.1) is 0 Å². The van der Waals surface area contributed by atoms with Crippen LogP contribution in [0.4, 0.5) is 10.1 Å². The third kappa shape index (κ3) is 2.12. The predicted molar refractivity (Wildman–Crippen MR) is 52.2 cm³/mol. The van der Waals surface area contributed by atoms with E-state index in [0.29, 0.717) is 0 Å². The van der Waals surface area contributed by atoms with Gasteiger partial charge in [-0.3, -0.25) is 4.79 Å². The van der Waals surface area contributed by atoms with E-state index in [-0.39, 0.29) is 16.8 Å². The Kier molecular flexibility index (Phi) is 3.04. The third-order valence-corrected chi connectivity index (χ3v) is 1.93. The number of nitrogens with two attached hydrogens (primary N) is 1. The molecule has 0 heterocycles. The van der Waals surface area contributed by atoms with E-state index < -0.39 is 17.6 Å². The van der Waals surface area contributed by atoms with E-state index in [1.165, 1.54) is 20.1 Å². The molecule has 1 aromatic rings. The topological polar surface area (TPSA) is 69.4 Å². The molecule has 0 amide bonds. The highest BCUT2D eigenvalue weighted by molar-refractivity contribution is 6.02. The predicted octanol–water partition coefficient (Wildman–Crippen LogP) is 1.40. The Morgan fingerprint density at radius 1 is 1.40 bits per heavy atom. The van der Waals surface area contributed by atoms with Crippen molar-refractivity contribution >= 4 is 17.4 Å². The third-order valence-electron chi connectivity index (χ3n) is 1.93. The number of ether oxygens (including phenoxy) is 1. The number of rotatable bonds is 2. The van der Waals surface area contributed by atoms with Gasteiger partial charge in [0.15, 0.2) is 5.78 Å². The first-order valence-electron chi connectivity index (χ1n) is 4.15. The summed E-state index contributed by atoms with van der Waals surface area (Å²) in [6.45, 7) is 1.24. The molecule has 0 spiro atoms. The summed E-state index contributed by atoms with van der Waals surface area (Å²) in [5.74, 6) is -1.92. The second kappa shape index (κ2) is 4.08. The van der Waals surface area contributed by atoms with Crippen molar-refractivity contribution in [1.29, 1.82) is 0 Å². The highest BCUT2D eigenvalue weighted by Crippen LogP contribution is 2.19. The van der Waals surface area contributed by atoms with E-state index in [4.69, 9.17) is 5.73 Å². The second-order valence-electron chi connectivity index (χ2n) is 2.97. The van der Waals surface area contributed by atoms with Crippen molar-refractivity contribution in [2.45, 2.75) is 6.92 Å². The first-order valence-corrected chi connectivity index (χ1v) is 4.15. The Labute approximate surface area is 85.8 Å². The van der Waals surface area contributed by atoms with Gasteiger partial charge in [-0.1, -0.05) is 0 Å². The van der Waals surface area contributed by atoms with Crippen LogP contribution < -0.4 is 5.73 Å². The largest absolute Gasteiger partial charge is 0.465 e. The van der Waals surface area contributed by atoms with Crippen molar-refractivity contribution in [3.05, 3.63) is 29.1 Å². The second-order valence-corrected chi connectivity index (χ2v) is 2.97. The van der Waals surface area contributed by atoms with Crippen molar-refractivity contribution in [3.63, 3.8) is 0 Å². The smallest absolute Gasteiger partial charge is 0.337 e.